The normalized spacial score (nSPS) is 11.6. The molecular weight excluding hydrogens is 447 g/mol. The lowest BCUT2D eigenvalue weighted by Crippen LogP contribution is -2.14. The summed E-state index contributed by atoms with van der Waals surface area (Å²) in [6.07, 6.45) is 0. The summed E-state index contributed by atoms with van der Waals surface area (Å²) >= 11 is 1.85. The van der Waals surface area contributed by atoms with Gasteiger partial charge in [-0.1, -0.05) is 18.2 Å². The van der Waals surface area contributed by atoms with Crippen LogP contribution in [-0.2, 0) is 10.0 Å². The van der Waals surface area contributed by atoms with Gasteiger partial charge >= 0.3 is 5.69 Å². The quantitative estimate of drug-likeness (QED) is 0.340. The van der Waals surface area contributed by atoms with E-state index in [1.165, 1.54) is 37.4 Å². The number of nitrogens with zero attached hydrogens (tertiary/aromatic N) is 2. The molecule has 0 fully saturated rings. The Morgan fingerprint density at radius 3 is 2.42 bits per heavy atom. The molecule has 0 saturated carbocycles. The monoisotopic (exact) mass is 458 g/mol. The number of aromatic nitrogens is 1. The summed E-state index contributed by atoms with van der Waals surface area (Å²) in [7, 11) is -2.54. The highest BCUT2D eigenvalue weighted by molar-refractivity contribution is 14.1. The van der Waals surface area contributed by atoms with Gasteiger partial charge in [0, 0.05) is 0 Å². The van der Waals surface area contributed by atoms with Crippen molar-refractivity contribution in [2.24, 2.45) is 0 Å². The van der Waals surface area contributed by atoms with E-state index in [1.54, 1.807) is 18.2 Å². The molecule has 0 aliphatic rings. The summed E-state index contributed by atoms with van der Waals surface area (Å²) in [6.45, 7) is 0. The van der Waals surface area contributed by atoms with E-state index in [2.05, 4.69) is 0 Å². The second-order valence-electron chi connectivity index (χ2n) is 4.86. The van der Waals surface area contributed by atoms with Crippen molar-refractivity contribution in [2.75, 3.05) is 7.11 Å². The van der Waals surface area contributed by atoms with Gasteiger partial charge in [-0.05, 0) is 52.9 Å². The van der Waals surface area contributed by atoms with E-state index in [4.69, 9.17) is 4.74 Å². The highest BCUT2D eigenvalue weighted by Gasteiger charge is 2.28. The number of halogens is 1. The van der Waals surface area contributed by atoms with E-state index in [-0.39, 0.29) is 27.2 Å². The largest absolute Gasteiger partial charge is 0.490 e. The van der Waals surface area contributed by atoms with E-state index < -0.39 is 14.9 Å². The maximum Gasteiger partial charge on any atom is 0.320 e. The molecule has 3 aromatic rings. The van der Waals surface area contributed by atoms with E-state index >= 15 is 0 Å². The lowest BCUT2D eigenvalue weighted by atomic mass is 10.2. The Labute approximate surface area is 151 Å². The number of ether oxygens (including phenoxy) is 1. The first kappa shape index (κ1) is 16.7. The van der Waals surface area contributed by atoms with Crippen LogP contribution in [0.1, 0.15) is 0 Å². The third-order valence-corrected chi connectivity index (χ3v) is 6.38. The molecule has 1 aromatic heterocycles. The van der Waals surface area contributed by atoms with E-state index in [1.807, 2.05) is 22.6 Å². The minimum Gasteiger partial charge on any atom is -0.490 e. The maximum absolute atomic E-state index is 12.9. The molecule has 1 heterocycles. The van der Waals surface area contributed by atoms with E-state index in [0.29, 0.717) is 3.70 Å². The molecule has 24 heavy (non-hydrogen) atoms. The molecule has 0 spiro atoms. The van der Waals surface area contributed by atoms with Crippen molar-refractivity contribution in [1.82, 2.24) is 3.97 Å². The SMILES string of the molecule is COc1ccc2c(cc(I)n2S(=O)(=O)c2ccccc2)c1[N+](=O)[O-]. The van der Waals surface area contributed by atoms with Gasteiger partial charge in [0.05, 0.1) is 31.5 Å². The van der Waals surface area contributed by atoms with Crippen molar-refractivity contribution in [2.45, 2.75) is 4.90 Å². The van der Waals surface area contributed by atoms with Crippen LogP contribution in [0.5, 0.6) is 5.75 Å². The number of hydrogen-bond acceptors (Lipinski definition) is 5. The number of rotatable bonds is 4. The summed E-state index contributed by atoms with van der Waals surface area (Å²) in [5, 5.41) is 11.6. The van der Waals surface area contributed by atoms with Gasteiger partial charge in [0.15, 0.2) is 5.75 Å². The molecule has 9 heteroatoms. The van der Waals surface area contributed by atoms with Gasteiger partial charge < -0.3 is 4.74 Å². The summed E-state index contributed by atoms with van der Waals surface area (Å²) in [5.74, 6) is 0.0816. The van der Waals surface area contributed by atoms with Gasteiger partial charge in [-0.25, -0.2) is 12.4 Å². The maximum atomic E-state index is 12.9. The summed E-state index contributed by atoms with van der Waals surface area (Å²) < 4.78 is 32.3. The first-order valence-corrected chi connectivity index (χ1v) is 9.22. The second-order valence-corrected chi connectivity index (χ2v) is 7.75. The summed E-state index contributed by atoms with van der Waals surface area (Å²) in [6, 6.07) is 12.3. The lowest BCUT2D eigenvalue weighted by molar-refractivity contribution is -0.383. The third-order valence-electron chi connectivity index (χ3n) is 3.52. The fraction of sp³-hybridized carbons (Fsp3) is 0.0667. The smallest absolute Gasteiger partial charge is 0.320 e. The molecule has 0 aliphatic carbocycles. The van der Waals surface area contributed by atoms with Gasteiger partial charge in [-0.15, -0.1) is 0 Å². The Morgan fingerprint density at radius 1 is 1.17 bits per heavy atom. The summed E-state index contributed by atoms with van der Waals surface area (Å²) in [5.41, 5.74) is -0.0225. The van der Waals surface area contributed by atoms with Crippen LogP contribution < -0.4 is 4.74 Å². The molecule has 0 saturated heterocycles. The predicted octanol–water partition coefficient (Wildman–Crippen LogP) is 3.40. The van der Waals surface area contributed by atoms with Crippen molar-refractivity contribution >= 4 is 49.2 Å². The molecular formula is C15H11IN2O5S. The zero-order valence-electron chi connectivity index (χ0n) is 12.3. The van der Waals surface area contributed by atoms with Gasteiger partial charge in [0.2, 0.25) is 0 Å². The number of hydrogen-bond donors (Lipinski definition) is 0. The zero-order chi connectivity index (χ0) is 17.5. The number of nitro benzene ring substituents is 1. The Hall–Kier alpha value is -2.14. The Morgan fingerprint density at radius 2 is 1.83 bits per heavy atom. The van der Waals surface area contributed by atoms with Crippen LogP contribution >= 0.6 is 22.6 Å². The van der Waals surface area contributed by atoms with Gasteiger partial charge in [-0.3, -0.25) is 10.1 Å². The number of methoxy groups -OCH3 is 1. The average molecular weight is 458 g/mol. The Balaban J connectivity index is 2.38. The van der Waals surface area contributed by atoms with Crippen LogP contribution in [0, 0.1) is 13.8 Å². The molecule has 3 rings (SSSR count). The van der Waals surface area contributed by atoms with Crippen LogP contribution in [-0.4, -0.2) is 24.4 Å². The molecule has 124 valence electrons. The standard InChI is InChI=1S/C15H11IN2O5S/c1-23-13-8-7-12-11(15(13)18(19)20)9-14(16)17(12)24(21,22)10-5-3-2-4-6-10/h2-9H,1H3. The van der Waals surface area contributed by atoms with Crippen LogP contribution in [0.25, 0.3) is 10.9 Å². The fourth-order valence-corrected chi connectivity index (χ4v) is 5.25. The molecule has 0 amide bonds. The van der Waals surface area contributed by atoms with Crippen LogP contribution in [0.2, 0.25) is 0 Å². The molecule has 2 aromatic carbocycles. The highest BCUT2D eigenvalue weighted by atomic mass is 127. The fourth-order valence-electron chi connectivity index (χ4n) is 2.48. The molecule has 7 nitrogen and oxygen atoms in total. The van der Waals surface area contributed by atoms with Gasteiger partial charge in [0.1, 0.15) is 0 Å². The third kappa shape index (κ3) is 2.53. The predicted molar refractivity (Wildman–Crippen MR) is 96.9 cm³/mol. The molecule has 0 unspecified atom stereocenters. The van der Waals surface area contributed by atoms with E-state index in [0.717, 1.165) is 3.97 Å². The molecule has 0 radical (unpaired) electrons. The van der Waals surface area contributed by atoms with Crippen molar-refractivity contribution < 1.29 is 18.1 Å². The van der Waals surface area contributed by atoms with E-state index in [9.17, 15) is 18.5 Å². The number of fused-ring (bicyclic) bond motifs is 1. The van der Waals surface area contributed by atoms with Gasteiger partial charge in [0.25, 0.3) is 10.0 Å². The zero-order valence-corrected chi connectivity index (χ0v) is 15.3. The average Bonchev–Trinajstić information content (AvgIpc) is 2.90. The first-order valence-electron chi connectivity index (χ1n) is 6.71. The van der Waals surface area contributed by atoms with Crippen molar-refractivity contribution in [3.05, 3.63) is 62.3 Å². The molecule has 0 N–H and O–H groups in total. The molecule has 0 bridgehead atoms. The second kappa shape index (κ2) is 6.06. The van der Waals surface area contributed by atoms with Crippen LogP contribution in [0.4, 0.5) is 5.69 Å². The van der Waals surface area contributed by atoms with Crippen molar-refractivity contribution in [3.8, 4) is 5.75 Å². The Kier molecular flexibility index (Phi) is 4.22. The number of nitro groups is 1. The van der Waals surface area contributed by atoms with Crippen molar-refractivity contribution in [3.63, 3.8) is 0 Å². The van der Waals surface area contributed by atoms with Crippen LogP contribution in [0.15, 0.2) is 53.4 Å². The topological polar surface area (TPSA) is 91.4 Å². The molecule has 0 atom stereocenters. The minimum absolute atomic E-state index is 0.0816. The van der Waals surface area contributed by atoms with Crippen LogP contribution in [0.3, 0.4) is 0 Å². The van der Waals surface area contributed by atoms with Gasteiger partial charge in [-0.2, -0.15) is 0 Å². The minimum atomic E-state index is -3.87. The van der Waals surface area contributed by atoms with Crippen molar-refractivity contribution in [1.29, 1.82) is 0 Å². The molecule has 0 aliphatic heterocycles. The number of benzene rings is 2. The Bertz CT molecular complexity index is 1040. The summed E-state index contributed by atoms with van der Waals surface area (Å²) in [4.78, 5) is 10.9. The first-order chi connectivity index (χ1) is 11.4. The highest BCUT2D eigenvalue weighted by Crippen LogP contribution is 2.38. The lowest BCUT2D eigenvalue weighted by Gasteiger charge is -2.09.